The highest BCUT2D eigenvalue weighted by Crippen LogP contribution is 2.45. The average Bonchev–Trinajstić information content (AvgIpc) is 3.09. The first-order valence-electron chi connectivity index (χ1n) is 10.8. The molecular weight excluding hydrogens is 390 g/mol. The van der Waals surface area contributed by atoms with Gasteiger partial charge >= 0.3 is 0 Å². The van der Waals surface area contributed by atoms with Gasteiger partial charge in [-0.3, -0.25) is 0 Å². The SMILES string of the molecule is CCN(CC)c1ccc(C=Nc2sc3c(c2C#N)CC[C@H](C(C)(C)C)C3)c(OC)c1. The van der Waals surface area contributed by atoms with Gasteiger partial charge in [0.05, 0.1) is 12.7 Å². The van der Waals surface area contributed by atoms with E-state index in [0.717, 1.165) is 59.9 Å². The van der Waals surface area contributed by atoms with Gasteiger partial charge in [-0.05, 0) is 62.1 Å². The number of anilines is 1. The van der Waals surface area contributed by atoms with E-state index in [1.54, 1.807) is 18.4 Å². The van der Waals surface area contributed by atoms with E-state index in [2.05, 4.69) is 57.7 Å². The molecule has 0 fully saturated rings. The molecule has 1 aliphatic rings. The molecule has 0 aliphatic heterocycles. The van der Waals surface area contributed by atoms with Gasteiger partial charge in [0, 0.05) is 41.5 Å². The molecule has 0 N–H and O–H groups in total. The van der Waals surface area contributed by atoms with E-state index >= 15 is 0 Å². The number of thiophene rings is 1. The fraction of sp³-hybridized carbons (Fsp3) is 0.520. The van der Waals surface area contributed by atoms with Crippen molar-refractivity contribution in [3.63, 3.8) is 0 Å². The lowest BCUT2D eigenvalue weighted by molar-refractivity contribution is 0.218. The topological polar surface area (TPSA) is 48.6 Å². The summed E-state index contributed by atoms with van der Waals surface area (Å²) in [4.78, 5) is 8.37. The smallest absolute Gasteiger partial charge is 0.134 e. The van der Waals surface area contributed by atoms with Crippen LogP contribution in [-0.2, 0) is 12.8 Å². The second-order valence-electron chi connectivity index (χ2n) is 8.96. The molecule has 1 aliphatic carbocycles. The van der Waals surface area contributed by atoms with E-state index in [-0.39, 0.29) is 5.41 Å². The van der Waals surface area contributed by atoms with Gasteiger partial charge < -0.3 is 9.64 Å². The summed E-state index contributed by atoms with van der Waals surface area (Å²) in [5.41, 5.74) is 4.34. The number of fused-ring (bicyclic) bond motifs is 1. The van der Waals surface area contributed by atoms with Crippen LogP contribution < -0.4 is 9.64 Å². The van der Waals surface area contributed by atoms with Crippen molar-refractivity contribution in [2.24, 2.45) is 16.3 Å². The molecule has 160 valence electrons. The molecule has 1 aromatic heterocycles. The molecule has 0 bridgehead atoms. The van der Waals surface area contributed by atoms with Gasteiger partial charge in [-0.15, -0.1) is 11.3 Å². The molecule has 0 saturated heterocycles. The third-order valence-corrected chi connectivity index (χ3v) is 7.41. The summed E-state index contributed by atoms with van der Waals surface area (Å²) >= 11 is 1.68. The van der Waals surface area contributed by atoms with Crippen molar-refractivity contribution < 1.29 is 4.74 Å². The van der Waals surface area contributed by atoms with Crippen molar-refractivity contribution in [3.05, 3.63) is 39.8 Å². The first kappa shape index (κ1) is 22.4. The lowest BCUT2D eigenvalue weighted by Crippen LogP contribution is -2.26. The Morgan fingerprint density at radius 2 is 2.03 bits per heavy atom. The molecule has 3 rings (SSSR count). The zero-order valence-electron chi connectivity index (χ0n) is 19.1. The molecule has 1 aromatic carbocycles. The van der Waals surface area contributed by atoms with Crippen LogP contribution in [-0.4, -0.2) is 26.4 Å². The average molecular weight is 424 g/mol. The Morgan fingerprint density at radius 1 is 1.30 bits per heavy atom. The normalized spacial score (nSPS) is 16.4. The number of nitriles is 1. The number of aliphatic imine (C=N–C) groups is 1. The third-order valence-electron chi connectivity index (χ3n) is 6.25. The molecule has 1 heterocycles. The minimum absolute atomic E-state index is 0.290. The van der Waals surface area contributed by atoms with Gasteiger partial charge in [0.15, 0.2) is 0 Å². The first-order chi connectivity index (χ1) is 14.3. The van der Waals surface area contributed by atoms with Crippen LogP contribution in [0.25, 0.3) is 0 Å². The highest BCUT2D eigenvalue weighted by Gasteiger charge is 2.32. The second-order valence-corrected chi connectivity index (χ2v) is 10.0. The van der Waals surface area contributed by atoms with Crippen LogP contribution in [0.1, 0.15) is 62.6 Å². The summed E-state index contributed by atoms with van der Waals surface area (Å²) in [5.74, 6) is 1.45. The third kappa shape index (κ3) is 4.54. The number of methoxy groups -OCH3 is 1. The maximum absolute atomic E-state index is 9.79. The summed E-state index contributed by atoms with van der Waals surface area (Å²) in [6.07, 6.45) is 5.01. The Balaban J connectivity index is 1.90. The van der Waals surface area contributed by atoms with Gasteiger partial charge in [0.25, 0.3) is 0 Å². The monoisotopic (exact) mass is 423 g/mol. The van der Waals surface area contributed by atoms with E-state index in [1.165, 1.54) is 10.4 Å². The lowest BCUT2D eigenvalue weighted by Gasteiger charge is -2.33. The summed E-state index contributed by atoms with van der Waals surface area (Å²) in [6.45, 7) is 13.1. The quantitative estimate of drug-likeness (QED) is 0.507. The van der Waals surface area contributed by atoms with Gasteiger partial charge in [-0.25, -0.2) is 4.99 Å². The Bertz CT molecular complexity index is 958. The number of ether oxygens (including phenoxy) is 1. The Hall–Kier alpha value is -2.32. The molecule has 0 amide bonds. The number of nitrogens with zero attached hydrogens (tertiary/aromatic N) is 3. The number of hydrogen-bond donors (Lipinski definition) is 0. The van der Waals surface area contributed by atoms with Gasteiger partial charge in [0.2, 0.25) is 0 Å². The van der Waals surface area contributed by atoms with Crippen molar-refractivity contribution in [2.45, 2.75) is 53.9 Å². The fourth-order valence-corrected chi connectivity index (χ4v) is 5.46. The Labute approximate surface area is 185 Å². The molecule has 0 saturated carbocycles. The van der Waals surface area contributed by atoms with Crippen LogP contribution in [0.5, 0.6) is 5.75 Å². The van der Waals surface area contributed by atoms with Gasteiger partial charge in [0.1, 0.15) is 16.8 Å². The summed E-state index contributed by atoms with van der Waals surface area (Å²) in [7, 11) is 1.69. The number of benzene rings is 1. The zero-order valence-corrected chi connectivity index (χ0v) is 19.9. The Kier molecular flexibility index (Phi) is 6.88. The first-order valence-corrected chi connectivity index (χ1v) is 11.7. The van der Waals surface area contributed by atoms with Crippen LogP contribution in [0.15, 0.2) is 23.2 Å². The zero-order chi connectivity index (χ0) is 21.9. The molecule has 30 heavy (non-hydrogen) atoms. The van der Waals surface area contributed by atoms with Gasteiger partial charge in [-0.1, -0.05) is 20.8 Å². The maximum atomic E-state index is 9.79. The minimum atomic E-state index is 0.290. The van der Waals surface area contributed by atoms with Gasteiger partial charge in [-0.2, -0.15) is 5.26 Å². The predicted molar refractivity (Wildman–Crippen MR) is 128 cm³/mol. The van der Waals surface area contributed by atoms with Crippen molar-refractivity contribution in [1.82, 2.24) is 0 Å². The second kappa shape index (κ2) is 9.22. The van der Waals surface area contributed by atoms with Crippen molar-refractivity contribution in [3.8, 4) is 11.8 Å². The highest BCUT2D eigenvalue weighted by molar-refractivity contribution is 7.16. The largest absolute Gasteiger partial charge is 0.496 e. The van der Waals surface area contributed by atoms with Crippen LogP contribution in [0.2, 0.25) is 0 Å². The van der Waals surface area contributed by atoms with E-state index in [0.29, 0.717) is 5.92 Å². The maximum Gasteiger partial charge on any atom is 0.134 e. The molecular formula is C25H33N3OS. The summed E-state index contributed by atoms with van der Waals surface area (Å²) < 4.78 is 5.62. The van der Waals surface area contributed by atoms with Crippen LogP contribution in [0.4, 0.5) is 10.7 Å². The molecule has 5 heteroatoms. The lowest BCUT2D eigenvalue weighted by atomic mass is 9.72. The van der Waals surface area contributed by atoms with Crippen molar-refractivity contribution in [1.29, 1.82) is 5.26 Å². The number of rotatable bonds is 6. The molecule has 0 unspecified atom stereocenters. The van der Waals surface area contributed by atoms with Crippen molar-refractivity contribution in [2.75, 3.05) is 25.1 Å². The molecule has 1 atom stereocenters. The molecule has 4 nitrogen and oxygen atoms in total. The van der Waals surface area contributed by atoms with Crippen LogP contribution in [0, 0.1) is 22.7 Å². The van der Waals surface area contributed by atoms with E-state index < -0.39 is 0 Å². The molecule has 0 spiro atoms. The minimum Gasteiger partial charge on any atom is -0.496 e. The van der Waals surface area contributed by atoms with Crippen molar-refractivity contribution >= 4 is 28.2 Å². The summed E-state index contributed by atoms with van der Waals surface area (Å²) in [5, 5.41) is 10.6. The molecule has 2 aromatic rings. The number of hydrogen-bond acceptors (Lipinski definition) is 5. The Morgan fingerprint density at radius 3 is 2.63 bits per heavy atom. The summed E-state index contributed by atoms with van der Waals surface area (Å²) in [6, 6.07) is 8.64. The fourth-order valence-electron chi connectivity index (χ4n) is 4.24. The highest BCUT2D eigenvalue weighted by atomic mass is 32.1. The van der Waals surface area contributed by atoms with Crippen LogP contribution in [0.3, 0.4) is 0 Å². The predicted octanol–water partition coefficient (Wildman–Crippen LogP) is 6.38. The molecule has 0 radical (unpaired) electrons. The standard InChI is InChI=1S/C25H33N3OS/c1-7-28(8-2)19-11-9-17(22(14-19)29-6)16-27-24-21(15-26)20-12-10-18(25(3,4)5)13-23(20)30-24/h9,11,14,16,18H,7-8,10,12-13H2,1-6H3/t18-/m0/s1. The van der Waals surface area contributed by atoms with E-state index in [4.69, 9.17) is 9.73 Å². The van der Waals surface area contributed by atoms with E-state index in [1.807, 2.05) is 12.3 Å². The van der Waals surface area contributed by atoms with E-state index in [9.17, 15) is 5.26 Å². The van der Waals surface area contributed by atoms with Crippen LogP contribution >= 0.6 is 11.3 Å².